The van der Waals surface area contributed by atoms with Crippen molar-refractivity contribution in [2.45, 2.75) is 59.0 Å². The Bertz CT molecular complexity index is 864. The average molecular weight is 405 g/mol. The Morgan fingerprint density at radius 1 is 1.24 bits per heavy atom. The van der Waals surface area contributed by atoms with Gasteiger partial charge in [-0.2, -0.15) is 0 Å². The zero-order valence-corrected chi connectivity index (χ0v) is 16.6. The van der Waals surface area contributed by atoms with Crippen LogP contribution in [0.3, 0.4) is 0 Å². The van der Waals surface area contributed by atoms with Gasteiger partial charge in [0, 0.05) is 27.2 Å². The molecule has 2 aromatic rings. The van der Waals surface area contributed by atoms with Crippen LogP contribution in [0.1, 0.15) is 43.9 Å². The van der Waals surface area contributed by atoms with Gasteiger partial charge in [-0.05, 0) is 63.6 Å². The van der Waals surface area contributed by atoms with Crippen LogP contribution in [0.4, 0.5) is 0 Å². The molecule has 0 atom stereocenters. The SMILES string of the molecule is Cc1c(C)n(CC(=O)NC2CCC(C)CC2)c2ccc(Br)cc2c1=O. The quantitative estimate of drug-likeness (QED) is 0.837. The smallest absolute Gasteiger partial charge is 0.240 e. The first-order valence-corrected chi connectivity index (χ1v) is 9.74. The van der Waals surface area contributed by atoms with Gasteiger partial charge in [0.2, 0.25) is 5.91 Å². The summed E-state index contributed by atoms with van der Waals surface area (Å²) in [6.45, 7) is 6.26. The minimum atomic E-state index is 0.0231. The summed E-state index contributed by atoms with van der Waals surface area (Å²) in [5.41, 5.74) is 2.40. The van der Waals surface area contributed by atoms with E-state index in [1.54, 1.807) is 0 Å². The standard InChI is InChI=1S/C20H25BrN2O2/c1-12-4-7-16(8-5-12)22-19(24)11-23-14(3)13(2)20(25)17-10-15(21)6-9-18(17)23/h6,9-10,12,16H,4-5,7-8,11H2,1-3H3,(H,22,24). The normalized spacial score (nSPS) is 20.6. The van der Waals surface area contributed by atoms with Gasteiger partial charge in [0.05, 0.1) is 5.52 Å². The second-order valence-electron chi connectivity index (χ2n) is 7.31. The summed E-state index contributed by atoms with van der Waals surface area (Å²) >= 11 is 3.43. The minimum absolute atomic E-state index is 0.0231. The first-order chi connectivity index (χ1) is 11.9. The highest BCUT2D eigenvalue weighted by Gasteiger charge is 2.20. The fourth-order valence-corrected chi connectivity index (χ4v) is 4.06. The number of aromatic nitrogens is 1. The van der Waals surface area contributed by atoms with Crippen molar-refractivity contribution in [3.05, 3.63) is 44.2 Å². The number of nitrogens with zero attached hydrogens (tertiary/aromatic N) is 1. The number of hydrogen-bond acceptors (Lipinski definition) is 2. The summed E-state index contributed by atoms with van der Waals surface area (Å²) in [6.07, 6.45) is 4.47. The summed E-state index contributed by atoms with van der Waals surface area (Å²) in [7, 11) is 0. The fourth-order valence-electron chi connectivity index (χ4n) is 3.70. The molecule has 3 rings (SSSR count). The average Bonchev–Trinajstić information content (AvgIpc) is 2.59. The van der Waals surface area contributed by atoms with Gasteiger partial charge in [-0.25, -0.2) is 0 Å². The fraction of sp³-hybridized carbons (Fsp3) is 0.500. The zero-order valence-electron chi connectivity index (χ0n) is 15.1. The number of nitrogens with one attached hydrogen (secondary N) is 1. The van der Waals surface area contributed by atoms with Crippen LogP contribution in [0.25, 0.3) is 10.9 Å². The lowest BCUT2D eigenvalue weighted by atomic mass is 9.87. The molecule has 5 heteroatoms. The van der Waals surface area contributed by atoms with E-state index >= 15 is 0 Å². The summed E-state index contributed by atoms with van der Waals surface area (Å²) in [4.78, 5) is 25.2. The Kier molecular flexibility index (Phi) is 5.32. The van der Waals surface area contributed by atoms with E-state index in [9.17, 15) is 9.59 Å². The van der Waals surface area contributed by atoms with Crippen LogP contribution in [0.5, 0.6) is 0 Å². The van der Waals surface area contributed by atoms with Crippen molar-refractivity contribution in [3.63, 3.8) is 0 Å². The lowest BCUT2D eigenvalue weighted by Crippen LogP contribution is -2.39. The van der Waals surface area contributed by atoms with Crippen molar-refractivity contribution in [2.75, 3.05) is 0 Å². The van der Waals surface area contributed by atoms with Crippen molar-refractivity contribution in [1.29, 1.82) is 0 Å². The molecule has 0 spiro atoms. The number of halogens is 1. The first kappa shape index (κ1) is 18.2. The molecule has 1 aromatic carbocycles. The van der Waals surface area contributed by atoms with E-state index in [-0.39, 0.29) is 23.9 Å². The van der Waals surface area contributed by atoms with Crippen LogP contribution in [0, 0.1) is 19.8 Å². The summed E-state index contributed by atoms with van der Waals surface area (Å²) < 4.78 is 2.83. The number of carbonyl (C=O) groups excluding carboxylic acids is 1. The van der Waals surface area contributed by atoms with Gasteiger partial charge in [-0.1, -0.05) is 22.9 Å². The van der Waals surface area contributed by atoms with E-state index in [0.29, 0.717) is 10.9 Å². The van der Waals surface area contributed by atoms with Gasteiger partial charge < -0.3 is 9.88 Å². The highest BCUT2D eigenvalue weighted by molar-refractivity contribution is 9.10. The van der Waals surface area contributed by atoms with Crippen molar-refractivity contribution >= 4 is 32.7 Å². The van der Waals surface area contributed by atoms with Crippen molar-refractivity contribution in [2.24, 2.45) is 5.92 Å². The van der Waals surface area contributed by atoms with Gasteiger partial charge >= 0.3 is 0 Å². The molecule has 1 fully saturated rings. The molecule has 4 nitrogen and oxygen atoms in total. The van der Waals surface area contributed by atoms with Gasteiger partial charge in [0.25, 0.3) is 0 Å². The molecular formula is C20H25BrN2O2. The van der Waals surface area contributed by atoms with Gasteiger partial charge in [0.15, 0.2) is 5.43 Å². The van der Waals surface area contributed by atoms with Crippen molar-refractivity contribution < 1.29 is 4.79 Å². The topological polar surface area (TPSA) is 51.1 Å². The number of pyridine rings is 1. The summed E-state index contributed by atoms with van der Waals surface area (Å²) in [5.74, 6) is 0.786. The molecule has 0 bridgehead atoms. The Hall–Kier alpha value is -1.62. The molecule has 1 aromatic heterocycles. The third-order valence-electron chi connectivity index (χ3n) is 5.46. The first-order valence-electron chi connectivity index (χ1n) is 8.95. The Labute approximate surface area is 156 Å². The van der Waals surface area contributed by atoms with E-state index in [2.05, 4.69) is 28.2 Å². The molecule has 1 aliphatic carbocycles. The maximum absolute atomic E-state index is 12.6. The van der Waals surface area contributed by atoms with E-state index in [1.807, 2.05) is 36.6 Å². The third-order valence-corrected chi connectivity index (χ3v) is 5.96. The largest absolute Gasteiger partial charge is 0.352 e. The van der Waals surface area contributed by atoms with Crippen molar-refractivity contribution in [1.82, 2.24) is 9.88 Å². The monoisotopic (exact) mass is 404 g/mol. The minimum Gasteiger partial charge on any atom is -0.352 e. The van der Waals surface area contributed by atoms with Crippen LogP contribution < -0.4 is 10.7 Å². The highest BCUT2D eigenvalue weighted by atomic mass is 79.9. The number of benzene rings is 1. The van der Waals surface area contributed by atoms with Crippen LogP contribution >= 0.6 is 15.9 Å². The molecule has 0 radical (unpaired) electrons. The number of rotatable bonds is 3. The van der Waals surface area contributed by atoms with E-state index in [1.165, 1.54) is 12.8 Å². The number of hydrogen-bond donors (Lipinski definition) is 1. The molecule has 1 heterocycles. The number of amides is 1. The van der Waals surface area contributed by atoms with E-state index in [4.69, 9.17) is 0 Å². The molecule has 0 saturated heterocycles. The molecule has 1 amide bonds. The van der Waals surface area contributed by atoms with Crippen LogP contribution in [-0.2, 0) is 11.3 Å². The second-order valence-corrected chi connectivity index (χ2v) is 8.23. The van der Waals surface area contributed by atoms with Crippen LogP contribution in [0.15, 0.2) is 27.5 Å². The molecule has 0 aliphatic heterocycles. The molecule has 1 saturated carbocycles. The lowest BCUT2D eigenvalue weighted by molar-refractivity contribution is -0.122. The Balaban J connectivity index is 1.88. The summed E-state index contributed by atoms with van der Waals surface area (Å²) in [5, 5.41) is 3.83. The maximum Gasteiger partial charge on any atom is 0.240 e. The second kappa shape index (κ2) is 7.32. The Morgan fingerprint density at radius 3 is 2.60 bits per heavy atom. The summed E-state index contributed by atoms with van der Waals surface area (Å²) in [6, 6.07) is 5.93. The molecule has 0 unspecified atom stereocenters. The lowest BCUT2D eigenvalue weighted by Gasteiger charge is -2.27. The van der Waals surface area contributed by atoms with E-state index < -0.39 is 0 Å². The van der Waals surface area contributed by atoms with E-state index in [0.717, 1.165) is 34.4 Å². The predicted octanol–water partition coefficient (Wildman–Crippen LogP) is 4.08. The third kappa shape index (κ3) is 3.81. The zero-order chi connectivity index (χ0) is 18.1. The van der Waals surface area contributed by atoms with Gasteiger partial charge in [-0.3, -0.25) is 9.59 Å². The molecule has 25 heavy (non-hydrogen) atoms. The van der Waals surface area contributed by atoms with Crippen LogP contribution in [0.2, 0.25) is 0 Å². The molecule has 134 valence electrons. The van der Waals surface area contributed by atoms with Gasteiger partial charge in [-0.15, -0.1) is 0 Å². The van der Waals surface area contributed by atoms with Crippen LogP contribution in [-0.4, -0.2) is 16.5 Å². The highest BCUT2D eigenvalue weighted by Crippen LogP contribution is 2.24. The maximum atomic E-state index is 12.6. The molecule has 1 N–H and O–H groups in total. The Morgan fingerprint density at radius 2 is 1.92 bits per heavy atom. The molecular weight excluding hydrogens is 380 g/mol. The van der Waals surface area contributed by atoms with Crippen molar-refractivity contribution in [3.8, 4) is 0 Å². The number of fused-ring (bicyclic) bond motifs is 1. The van der Waals surface area contributed by atoms with Gasteiger partial charge in [0.1, 0.15) is 6.54 Å². The molecule has 1 aliphatic rings. The number of carbonyl (C=O) groups is 1. The predicted molar refractivity (Wildman–Crippen MR) is 105 cm³/mol.